The smallest absolute Gasteiger partial charge is 0.258 e. The number of guanidine groups is 2. The zero-order valence-corrected chi connectivity index (χ0v) is 17.5. The van der Waals surface area contributed by atoms with Gasteiger partial charge in [0.1, 0.15) is 5.66 Å². The zero-order valence-electron chi connectivity index (χ0n) is 17.5. The monoisotopic (exact) mass is 415 g/mol. The highest BCUT2D eigenvalue weighted by atomic mass is 16.5. The molecule has 0 bridgehead atoms. The summed E-state index contributed by atoms with van der Waals surface area (Å²) in [5.74, 6) is 1.62. The Hall–Kier alpha value is -3.68. The highest BCUT2D eigenvalue weighted by Gasteiger charge is 2.42. The summed E-state index contributed by atoms with van der Waals surface area (Å²) in [6.45, 7) is 2.03. The van der Waals surface area contributed by atoms with Crippen molar-refractivity contribution in [2.75, 3.05) is 4.90 Å². The van der Waals surface area contributed by atoms with Crippen molar-refractivity contribution in [2.45, 2.75) is 44.7 Å². The van der Waals surface area contributed by atoms with Crippen LogP contribution in [-0.2, 0) is 0 Å². The number of aryl methyl sites for hydroxylation is 1. The van der Waals surface area contributed by atoms with Gasteiger partial charge in [0.05, 0.1) is 0 Å². The number of aromatic nitrogens is 2. The van der Waals surface area contributed by atoms with Gasteiger partial charge in [-0.05, 0) is 56.4 Å². The Labute approximate surface area is 180 Å². The standard InChI is InChI=1S/C23H25N7O/c1-15-8-3-4-11-18(15)19-26-20(31-29-19)16-9-7-10-17(14-16)30-22(25)27-21(24)28-23(30)12-5-2-6-13-23/h3-4,7-11,14H,2,5-6,12-13H2,1H3,(H4,24,25,27,28). The Bertz CT molecular complexity index is 1170. The van der Waals surface area contributed by atoms with Gasteiger partial charge in [-0.25, -0.2) is 4.99 Å². The summed E-state index contributed by atoms with van der Waals surface area (Å²) < 4.78 is 5.59. The van der Waals surface area contributed by atoms with E-state index in [1.807, 2.05) is 60.4 Å². The molecule has 0 amide bonds. The van der Waals surface area contributed by atoms with Gasteiger partial charge in [0.15, 0.2) is 0 Å². The molecule has 2 heterocycles. The van der Waals surface area contributed by atoms with Crippen LogP contribution in [0.1, 0.15) is 37.7 Å². The number of nitrogens with zero attached hydrogens (tertiary/aromatic N) is 5. The molecule has 4 N–H and O–H groups in total. The summed E-state index contributed by atoms with van der Waals surface area (Å²) in [4.78, 5) is 15.6. The molecular weight excluding hydrogens is 390 g/mol. The minimum absolute atomic E-state index is 0.242. The van der Waals surface area contributed by atoms with Crippen molar-refractivity contribution in [3.8, 4) is 22.8 Å². The van der Waals surface area contributed by atoms with Crippen LogP contribution in [0.25, 0.3) is 22.8 Å². The molecule has 3 aromatic rings. The van der Waals surface area contributed by atoms with E-state index < -0.39 is 5.66 Å². The van der Waals surface area contributed by atoms with Gasteiger partial charge in [0.2, 0.25) is 17.7 Å². The molecule has 1 saturated carbocycles. The van der Waals surface area contributed by atoms with Gasteiger partial charge < -0.3 is 16.0 Å². The third kappa shape index (κ3) is 3.43. The molecule has 5 rings (SSSR count). The van der Waals surface area contributed by atoms with Crippen LogP contribution in [0.5, 0.6) is 0 Å². The fraction of sp³-hybridized carbons (Fsp3) is 0.304. The van der Waals surface area contributed by atoms with E-state index in [0.29, 0.717) is 17.7 Å². The largest absolute Gasteiger partial charge is 0.369 e. The van der Waals surface area contributed by atoms with Crippen LogP contribution in [0.15, 0.2) is 63.0 Å². The van der Waals surface area contributed by atoms with E-state index in [-0.39, 0.29) is 5.96 Å². The highest BCUT2D eigenvalue weighted by Crippen LogP contribution is 2.40. The molecule has 2 aromatic carbocycles. The number of aliphatic imine (C=N–C) groups is 2. The predicted molar refractivity (Wildman–Crippen MR) is 121 cm³/mol. The van der Waals surface area contributed by atoms with Crippen LogP contribution in [0, 0.1) is 6.92 Å². The van der Waals surface area contributed by atoms with Crippen molar-refractivity contribution in [3.05, 3.63) is 54.1 Å². The summed E-state index contributed by atoms with van der Waals surface area (Å²) in [6.07, 6.45) is 5.09. The number of rotatable bonds is 3. The fourth-order valence-corrected chi connectivity index (χ4v) is 4.55. The first-order valence-electron chi connectivity index (χ1n) is 10.6. The molecule has 8 heteroatoms. The van der Waals surface area contributed by atoms with E-state index in [1.165, 1.54) is 6.42 Å². The van der Waals surface area contributed by atoms with Crippen molar-refractivity contribution < 1.29 is 4.52 Å². The normalized spacial score (nSPS) is 18.0. The maximum atomic E-state index is 6.36. The maximum absolute atomic E-state index is 6.36. The second-order valence-corrected chi connectivity index (χ2v) is 8.11. The summed E-state index contributed by atoms with van der Waals surface area (Å²) >= 11 is 0. The van der Waals surface area contributed by atoms with Crippen LogP contribution in [-0.4, -0.2) is 27.7 Å². The third-order valence-corrected chi connectivity index (χ3v) is 6.01. The molecule has 1 aliphatic heterocycles. The van der Waals surface area contributed by atoms with Gasteiger partial charge >= 0.3 is 0 Å². The van der Waals surface area contributed by atoms with E-state index >= 15 is 0 Å². The third-order valence-electron chi connectivity index (χ3n) is 6.01. The second-order valence-electron chi connectivity index (χ2n) is 8.11. The summed E-state index contributed by atoms with van der Waals surface area (Å²) in [5, 5.41) is 4.19. The Balaban J connectivity index is 1.52. The van der Waals surface area contributed by atoms with Crippen molar-refractivity contribution in [1.29, 1.82) is 0 Å². The molecule has 0 radical (unpaired) electrons. The van der Waals surface area contributed by atoms with Gasteiger partial charge in [0, 0.05) is 16.8 Å². The molecular formula is C23H25N7O. The first kappa shape index (κ1) is 19.3. The zero-order chi connectivity index (χ0) is 21.4. The molecule has 0 saturated heterocycles. The Morgan fingerprint density at radius 3 is 2.61 bits per heavy atom. The number of benzene rings is 2. The first-order chi connectivity index (χ1) is 15.1. The average Bonchev–Trinajstić information content (AvgIpc) is 3.24. The minimum Gasteiger partial charge on any atom is -0.369 e. The Kier molecular flexibility index (Phi) is 4.69. The van der Waals surface area contributed by atoms with Crippen molar-refractivity contribution >= 4 is 17.6 Å². The van der Waals surface area contributed by atoms with Crippen molar-refractivity contribution in [2.24, 2.45) is 21.5 Å². The molecule has 1 fully saturated rings. The van der Waals surface area contributed by atoms with E-state index in [2.05, 4.69) is 15.1 Å². The van der Waals surface area contributed by atoms with Gasteiger partial charge in [-0.3, -0.25) is 4.90 Å². The van der Waals surface area contributed by atoms with E-state index in [9.17, 15) is 0 Å². The quantitative estimate of drug-likeness (QED) is 0.671. The Morgan fingerprint density at radius 1 is 1.00 bits per heavy atom. The average molecular weight is 416 g/mol. The molecule has 0 atom stereocenters. The molecule has 31 heavy (non-hydrogen) atoms. The summed E-state index contributed by atoms with van der Waals surface area (Å²) in [5.41, 5.74) is 15.6. The van der Waals surface area contributed by atoms with E-state index in [4.69, 9.17) is 21.0 Å². The highest BCUT2D eigenvalue weighted by molar-refractivity contribution is 6.05. The molecule has 2 aliphatic rings. The molecule has 8 nitrogen and oxygen atoms in total. The predicted octanol–water partition coefficient (Wildman–Crippen LogP) is 3.82. The van der Waals surface area contributed by atoms with Crippen molar-refractivity contribution in [3.63, 3.8) is 0 Å². The second kappa shape index (κ2) is 7.54. The number of hydrogen-bond acceptors (Lipinski definition) is 8. The van der Waals surface area contributed by atoms with Crippen LogP contribution in [0.3, 0.4) is 0 Å². The lowest BCUT2D eigenvalue weighted by Gasteiger charge is -2.45. The van der Waals surface area contributed by atoms with Gasteiger partial charge in [-0.15, -0.1) is 0 Å². The topological polar surface area (TPSA) is 119 Å². The lowest BCUT2D eigenvalue weighted by atomic mass is 9.87. The van der Waals surface area contributed by atoms with Gasteiger partial charge in [-0.2, -0.15) is 9.98 Å². The maximum Gasteiger partial charge on any atom is 0.258 e. The Morgan fingerprint density at radius 2 is 1.81 bits per heavy atom. The lowest BCUT2D eigenvalue weighted by molar-refractivity contribution is 0.305. The molecule has 158 valence electrons. The molecule has 1 aliphatic carbocycles. The van der Waals surface area contributed by atoms with E-state index in [0.717, 1.165) is 48.1 Å². The van der Waals surface area contributed by atoms with Crippen molar-refractivity contribution in [1.82, 2.24) is 10.1 Å². The summed E-state index contributed by atoms with van der Waals surface area (Å²) in [6, 6.07) is 15.9. The van der Waals surface area contributed by atoms with Gasteiger partial charge in [0.25, 0.3) is 5.89 Å². The SMILES string of the molecule is Cc1ccccc1-c1noc(-c2cccc(N3C(N)=NC(N)=NC34CCCCC4)c2)n1. The lowest BCUT2D eigenvalue weighted by Crippen LogP contribution is -2.58. The fourth-order valence-electron chi connectivity index (χ4n) is 4.55. The summed E-state index contributed by atoms with van der Waals surface area (Å²) in [7, 11) is 0. The number of hydrogen-bond donors (Lipinski definition) is 2. The van der Waals surface area contributed by atoms with Crippen LogP contribution in [0.4, 0.5) is 5.69 Å². The first-order valence-corrected chi connectivity index (χ1v) is 10.6. The molecule has 0 unspecified atom stereocenters. The van der Waals surface area contributed by atoms with Crippen LogP contribution in [0.2, 0.25) is 0 Å². The molecule has 1 spiro atoms. The molecule has 1 aromatic heterocycles. The van der Waals surface area contributed by atoms with Gasteiger partial charge in [-0.1, -0.05) is 41.9 Å². The number of anilines is 1. The minimum atomic E-state index is -0.492. The van der Waals surface area contributed by atoms with Crippen LogP contribution >= 0.6 is 0 Å². The van der Waals surface area contributed by atoms with E-state index in [1.54, 1.807) is 0 Å². The number of nitrogens with two attached hydrogens (primary N) is 2. The van der Waals surface area contributed by atoms with Crippen LogP contribution < -0.4 is 16.4 Å².